The molecule has 40 heavy (non-hydrogen) atoms. The molecular weight excluding hydrogens is 561 g/mol. The summed E-state index contributed by atoms with van der Waals surface area (Å²) >= 11 is 12.7. The number of aliphatic hydroxyl groups is 1. The average Bonchev–Trinajstić information content (AvgIpc) is 3.21. The van der Waals surface area contributed by atoms with E-state index in [2.05, 4.69) is 0 Å². The van der Waals surface area contributed by atoms with Crippen molar-refractivity contribution in [2.24, 2.45) is 0 Å². The number of rotatable bonds is 8. The van der Waals surface area contributed by atoms with Gasteiger partial charge in [0.05, 0.1) is 48.6 Å². The number of benzene rings is 3. The summed E-state index contributed by atoms with van der Waals surface area (Å²) < 4.78 is 15.8. The lowest BCUT2D eigenvalue weighted by molar-refractivity contribution is -0.132. The zero-order valence-electron chi connectivity index (χ0n) is 21.7. The molecule has 0 saturated carbocycles. The Labute approximate surface area is 240 Å². The highest BCUT2D eigenvalue weighted by molar-refractivity contribution is 6.52. The molecule has 1 heterocycles. The Morgan fingerprint density at radius 2 is 1.68 bits per heavy atom. The third-order valence-electron chi connectivity index (χ3n) is 6.25. The highest BCUT2D eigenvalue weighted by atomic mass is 35.5. The number of amides is 1. The number of phenolic OH excluding ortho intramolecular Hbond substituents is 1. The maximum absolute atomic E-state index is 13.5. The van der Waals surface area contributed by atoms with Gasteiger partial charge >= 0.3 is 5.97 Å². The maximum atomic E-state index is 13.5. The van der Waals surface area contributed by atoms with Crippen LogP contribution in [0.5, 0.6) is 17.2 Å². The molecule has 1 aliphatic rings. The smallest absolute Gasteiger partial charge is 0.338 e. The lowest BCUT2D eigenvalue weighted by Gasteiger charge is -2.26. The zero-order valence-corrected chi connectivity index (χ0v) is 23.2. The first kappa shape index (κ1) is 28.8. The molecule has 2 N–H and O–H groups in total. The Bertz CT molecular complexity index is 1520. The molecule has 0 radical (unpaired) electrons. The topological polar surface area (TPSA) is 123 Å². The fourth-order valence-electron chi connectivity index (χ4n) is 4.42. The second-order valence-corrected chi connectivity index (χ2v) is 9.52. The minimum Gasteiger partial charge on any atom is -0.508 e. The third kappa shape index (κ3) is 5.17. The van der Waals surface area contributed by atoms with Crippen molar-refractivity contribution in [2.45, 2.75) is 19.4 Å². The normalized spacial score (nSPS) is 16.2. The van der Waals surface area contributed by atoms with Crippen molar-refractivity contribution in [3.63, 3.8) is 0 Å². The molecular formula is C29H25Cl2NO8. The molecule has 1 unspecified atom stereocenters. The number of nitrogens with zero attached hydrogens (tertiary/aromatic N) is 1. The van der Waals surface area contributed by atoms with Gasteiger partial charge in [-0.25, -0.2) is 4.79 Å². The van der Waals surface area contributed by atoms with Gasteiger partial charge in [0.15, 0.2) is 11.5 Å². The van der Waals surface area contributed by atoms with Gasteiger partial charge in [-0.1, -0.05) is 48.3 Å². The maximum Gasteiger partial charge on any atom is 0.338 e. The van der Waals surface area contributed by atoms with Crippen LogP contribution in [0.25, 0.3) is 5.76 Å². The summed E-state index contributed by atoms with van der Waals surface area (Å²) in [7, 11) is 2.67. The number of esters is 1. The zero-order chi connectivity index (χ0) is 29.1. The second kappa shape index (κ2) is 11.9. The Morgan fingerprint density at radius 3 is 2.30 bits per heavy atom. The second-order valence-electron chi connectivity index (χ2n) is 8.73. The summed E-state index contributed by atoms with van der Waals surface area (Å²) in [5, 5.41) is 21.4. The van der Waals surface area contributed by atoms with Crippen LogP contribution in [-0.2, 0) is 14.3 Å². The van der Waals surface area contributed by atoms with Crippen LogP contribution in [0.1, 0.15) is 40.9 Å². The van der Waals surface area contributed by atoms with Crippen LogP contribution in [0.2, 0.25) is 10.0 Å². The van der Waals surface area contributed by atoms with E-state index in [9.17, 15) is 24.6 Å². The fraction of sp³-hybridized carbons (Fsp3) is 0.207. The highest BCUT2D eigenvalue weighted by Crippen LogP contribution is 2.48. The Kier molecular flexibility index (Phi) is 8.56. The number of hydrogen-bond donors (Lipinski definition) is 2. The number of ether oxygens (including phenoxy) is 3. The molecule has 1 aliphatic heterocycles. The fourth-order valence-corrected chi connectivity index (χ4v) is 5.11. The van der Waals surface area contributed by atoms with Crippen LogP contribution in [0.4, 0.5) is 5.69 Å². The van der Waals surface area contributed by atoms with Crippen molar-refractivity contribution in [1.29, 1.82) is 0 Å². The molecule has 0 spiro atoms. The van der Waals surface area contributed by atoms with E-state index in [-0.39, 0.29) is 56.3 Å². The molecule has 0 aromatic heterocycles. The van der Waals surface area contributed by atoms with E-state index in [4.69, 9.17) is 37.4 Å². The molecule has 1 saturated heterocycles. The molecule has 208 valence electrons. The number of methoxy groups -OCH3 is 2. The van der Waals surface area contributed by atoms with Gasteiger partial charge in [-0.3, -0.25) is 14.5 Å². The first-order chi connectivity index (χ1) is 19.1. The summed E-state index contributed by atoms with van der Waals surface area (Å²) in [6, 6.07) is 12.0. The van der Waals surface area contributed by atoms with E-state index >= 15 is 0 Å². The molecule has 3 aromatic carbocycles. The van der Waals surface area contributed by atoms with Crippen LogP contribution in [0.15, 0.2) is 60.2 Å². The molecule has 9 nitrogen and oxygen atoms in total. The van der Waals surface area contributed by atoms with Gasteiger partial charge in [0.25, 0.3) is 11.7 Å². The van der Waals surface area contributed by atoms with Crippen LogP contribution in [0, 0.1) is 0 Å². The SMILES string of the molecule is CCCOC(=O)c1cccc(N2C(=O)C(=O)/C(=C(/O)c3cc(Cl)c(OC)c(Cl)c3OC)C2c2ccc(O)cc2)c1. The number of aliphatic hydroxyl groups excluding tert-OH is 1. The van der Waals surface area contributed by atoms with E-state index in [1.807, 2.05) is 6.92 Å². The van der Waals surface area contributed by atoms with E-state index < -0.39 is 29.5 Å². The van der Waals surface area contributed by atoms with Gasteiger partial charge in [-0.2, -0.15) is 0 Å². The van der Waals surface area contributed by atoms with Crippen molar-refractivity contribution in [3.8, 4) is 17.2 Å². The average molecular weight is 586 g/mol. The van der Waals surface area contributed by atoms with E-state index in [0.29, 0.717) is 12.0 Å². The monoisotopic (exact) mass is 585 g/mol. The van der Waals surface area contributed by atoms with Crippen molar-refractivity contribution in [3.05, 3.63) is 86.9 Å². The van der Waals surface area contributed by atoms with Gasteiger partial charge in [-0.05, 0) is 48.4 Å². The summed E-state index contributed by atoms with van der Waals surface area (Å²) in [5.41, 5.74) is 0.444. The lowest BCUT2D eigenvalue weighted by Crippen LogP contribution is -2.29. The van der Waals surface area contributed by atoms with Crippen molar-refractivity contribution in [2.75, 3.05) is 25.7 Å². The van der Waals surface area contributed by atoms with Gasteiger partial charge in [0.2, 0.25) is 0 Å². The molecule has 3 aromatic rings. The number of hydrogen-bond acceptors (Lipinski definition) is 8. The van der Waals surface area contributed by atoms with E-state index in [1.165, 1.54) is 56.7 Å². The standard InChI is InChI=1S/C29H25Cl2NO8/c1-4-12-40-29(37)16-6-5-7-17(13-16)32-23(15-8-10-18(33)11-9-15)21(25(35)28(32)36)24(34)19-14-20(30)27(39-3)22(31)26(19)38-2/h5-11,13-14,23,33-34H,4,12H2,1-3H3/b24-21+. The summed E-state index contributed by atoms with van der Waals surface area (Å²) in [4.78, 5) is 40.7. The quantitative estimate of drug-likeness (QED) is 0.145. The predicted molar refractivity (Wildman–Crippen MR) is 149 cm³/mol. The Hall–Kier alpha value is -4.21. The van der Waals surface area contributed by atoms with Crippen LogP contribution >= 0.6 is 23.2 Å². The molecule has 1 atom stereocenters. The number of carbonyl (C=O) groups excluding carboxylic acids is 3. The summed E-state index contributed by atoms with van der Waals surface area (Å²) in [5.74, 6) is -3.12. The number of ketones is 1. The Balaban J connectivity index is 1.95. The summed E-state index contributed by atoms with van der Waals surface area (Å²) in [6.07, 6.45) is 0.629. The number of Topliss-reactive ketones (excluding diaryl/α,β-unsaturated/α-hetero) is 1. The van der Waals surface area contributed by atoms with Crippen molar-refractivity contribution < 1.29 is 38.8 Å². The first-order valence-electron chi connectivity index (χ1n) is 12.1. The molecule has 1 fully saturated rings. The van der Waals surface area contributed by atoms with Crippen LogP contribution < -0.4 is 14.4 Å². The minimum atomic E-state index is -1.16. The molecule has 4 rings (SSSR count). The van der Waals surface area contributed by atoms with E-state index in [1.54, 1.807) is 12.1 Å². The van der Waals surface area contributed by atoms with Gasteiger partial charge < -0.3 is 24.4 Å². The number of carbonyl (C=O) groups is 3. The molecule has 1 amide bonds. The minimum absolute atomic E-state index is 0.0308. The lowest BCUT2D eigenvalue weighted by atomic mass is 9.94. The molecule has 0 bridgehead atoms. The molecule has 0 aliphatic carbocycles. The highest BCUT2D eigenvalue weighted by Gasteiger charge is 2.47. The summed E-state index contributed by atoms with van der Waals surface area (Å²) in [6.45, 7) is 2.08. The number of aromatic hydroxyl groups is 1. The third-order valence-corrected chi connectivity index (χ3v) is 6.87. The van der Waals surface area contributed by atoms with Gasteiger partial charge in [-0.15, -0.1) is 0 Å². The number of phenols is 1. The van der Waals surface area contributed by atoms with Gasteiger partial charge in [0.1, 0.15) is 16.5 Å². The largest absolute Gasteiger partial charge is 0.508 e. The van der Waals surface area contributed by atoms with Crippen molar-refractivity contribution in [1.82, 2.24) is 0 Å². The first-order valence-corrected chi connectivity index (χ1v) is 12.9. The van der Waals surface area contributed by atoms with Gasteiger partial charge in [0, 0.05) is 5.69 Å². The number of anilines is 1. The van der Waals surface area contributed by atoms with Crippen molar-refractivity contribution >= 4 is 52.3 Å². The molecule has 11 heteroatoms. The van der Waals surface area contributed by atoms with Crippen LogP contribution in [-0.4, -0.2) is 48.7 Å². The number of halogens is 2. The predicted octanol–water partition coefficient (Wildman–Crippen LogP) is 5.91. The van der Waals surface area contributed by atoms with Crippen LogP contribution in [0.3, 0.4) is 0 Å². The van der Waals surface area contributed by atoms with E-state index in [0.717, 1.165) is 4.90 Å². The Morgan fingerprint density at radius 1 is 1.00 bits per heavy atom.